The number of nitrogens with two attached hydrogens (primary N) is 1. The number of carbonyl (C=O) groups is 1. The van der Waals surface area contributed by atoms with Crippen molar-refractivity contribution >= 4 is 25.1 Å². The van der Waals surface area contributed by atoms with Gasteiger partial charge < -0.3 is 29.9 Å². The number of aliphatic hydroxyl groups excluding tert-OH is 2. The van der Waals surface area contributed by atoms with Crippen molar-refractivity contribution in [1.29, 1.82) is 5.26 Å². The van der Waals surface area contributed by atoms with Crippen molar-refractivity contribution in [3.63, 3.8) is 0 Å². The van der Waals surface area contributed by atoms with E-state index in [1.807, 2.05) is 19.9 Å². The lowest BCUT2D eigenvalue weighted by atomic mass is 9.92. The molecule has 4 rings (SSSR count). The number of esters is 1. The molecule has 43 heavy (non-hydrogen) atoms. The molecule has 0 amide bonds. The molecule has 230 valence electrons. The van der Waals surface area contributed by atoms with Gasteiger partial charge in [0.05, 0.1) is 18.9 Å². The predicted octanol–water partition coefficient (Wildman–Crippen LogP) is 2.48. The first-order chi connectivity index (χ1) is 20.6. The van der Waals surface area contributed by atoms with Crippen molar-refractivity contribution in [3.05, 3.63) is 67.1 Å². The van der Waals surface area contributed by atoms with Gasteiger partial charge in [-0.1, -0.05) is 51.0 Å². The van der Waals surface area contributed by atoms with E-state index < -0.39 is 50.3 Å². The Morgan fingerprint density at radius 3 is 2.67 bits per heavy atom. The van der Waals surface area contributed by atoms with Gasteiger partial charge in [0.1, 0.15) is 48.0 Å². The summed E-state index contributed by atoms with van der Waals surface area (Å²) in [7, 11) is -4.40. The summed E-state index contributed by atoms with van der Waals surface area (Å²) in [5, 5.41) is 38.7. The van der Waals surface area contributed by atoms with E-state index in [9.17, 15) is 24.8 Å². The van der Waals surface area contributed by atoms with E-state index in [0.717, 1.165) is 12.8 Å². The van der Waals surface area contributed by atoms with E-state index in [2.05, 4.69) is 21.7 Å². The number of aromatic nitrogens is 3. The third-order valence-electron chi connectivity index (χ3n) is 7.27. The minimum Gasteiger partial charge on any atom is -0.464 e. The van der Waals surface area contributed by atoms with Crippen LogP contribution >= 0.6 is 7.75 Å². The van der Waals surface area contributed by atoms with E-state index in [1.165, 1.54) is 35.1 Å². The number of ether oxygens (including phenoxy) is 2. The van der Waals surface area contributed by atoms with Gasteiger partial charge in [0.15, 0.2) is 5.82 Å². The molecule has 1 fully saturated rings. The SMILES string of the molecule is C=C[C@H](N[P@@](=O)(OC[C@H]1O[C@@](C#N)(c2ccc3c(N)ncnn23)[C@H](O)[C@@H]1O)Oc1ccccc1)C(=O)OCC(CC)CC. The number of rotatable bonds is 14. The van der Waals surface area contributed by atoms with Crippen molar-refractivity contribution in [2.75, 3.05) is 18.9 Å². The number of fused-ring (bicyclic) bond motifs is 1. The van der Waals surface area contributed by atoms with E-state index in [4.69, 9.17) is 24.3 Å². The zero-order chi connectivity index (χ0) is 31.2. The third-order valence-corrected chi connectivity index (χ3v) is 8.80. The fourth-order valence-electron chi connectivity index (χ4n) is 4.62. The van der Waals surface area contributed by atoms with Crippen molar-refractivity contribution in [3.8, 4) is 11.8 Å². The number of benzene rings is 1. The second kappa shape index (κ2) is 13.6. The van der Waals surface area contributed by atoms with Crippen LogP contribution in [0.1, 0.15) is 32.4 Å². The van der Waals surface area contributed by atoms with Crippen molar-refractivity contribution < 1.29 is 38.1 Å². The van der Waals surface area contributed by atoms with Crippen LogP contribution in [0.15, 0.2) is 61.4 Å². The maximum atomic E-state index is 14.0. The average Bonchev–Trinajstić information content (AvgIpc) is 3.56. The van der Waals surface area contributed by atoms with Crippen LogP contribution in [-0.2, 0) is 29.0 Å². The van der Waals surface area contributed by atoms with E-state index in [1.54, 1.807) is 24.3 Å². The summed E-state index contributed by atoms with van der Waals surface area (Å²) in [5.41, 5.74) is 4.25. The van der Waals surface area contributed by atoms with Crippen LogP contribution in [0.5, 0.6) is 5.75 Å². The predicted molar refractivity (Wildman–Crippen MR) is 154 cm³/mol. The van der Waals surface area contributed by atoms with Crippen molar-refractivity contribution in [2.24, 2.45) is 5.92 Å². The fourth-order valence-corrected chi connectivity index (χ4v) is 6.09. The van der Waals surface area contributed by atoms with Gasteiger partial charge in [0, 0.05) is 0 Å². The van der Waals surface area contributed by atoms with Crippen LogP contribution in [0.25, 0.3) is 5.52 Å². The lowest BCUT2D eigenvalue weighted by Crippen LogP contribution is -2.41. The highest BCUT2D eigenvalue weighted by molar-refractivity contribution is 7.52. The fraction of sp³-hybridized carbons (Fsp3) is 0.429. The molecule has 14 nitrogen and oxygen atoms in total. The minimum absolute atomic E-state index is 0.0851. The molecule has 3 heterocycles. The molecule has 0 spiro atoms. The standard InChI is InChI=1S/C28H35N6O8P/c1-4-18(5-2)14-39-27(37)20(6-3)33-43(38,42-19-10-8-7-9-11-19)40-15-22-24(35)25(36)28(16-29,41-22)23-13-12-21-26(30)31-17-32-34(21)23/h6-13,17-18,20,22,24-25,35-36H,3-5,14-15H2,1-2H3,(H,33,38)(H2,30,31,32)/t20-,22+,24+,25+,28-,43+/m0/s1. The normalized spacial score (nSPS) is 23.9. The monoisotopic (exact) mass is 614 g/mol. The molecule has 1 aromatic carbocycles. The summed E-state index contributed by atoms with van der Waals surface area (Å²) in [6, 6.07) is 11.7. The molecule has 3 aromatic rings. The first kappa shape index (κ1) is 32.1. The zero-order valence-corrected chi connectivity index (χ0v) is 24.7. The van der Waals surface area contributed by atoms with Crippen LogP contribution < -0.4 is 15.3 Å². The first-order valence-electron chi connectivity index (χ1n) is 13.7. The summed E-state index contributed by atoms with van der Waals surface area (Å²) in [5.74, 6) is -0.295. The number of nitrogens with zero attached hydrogens (tertiary/aromatic N) is 4. The molecule has 0 saturated carbocycles. The topological polar surface area (TPSA) is 204 Å². The van der Waals surface area contributed by atoms with Gasteiger partial charge in [-0.15, -0.1) is 6.58 Å². The Labute approximate surface area is 248 Å². The summed E-state index contributed by atoms with van der Waals surface area (Å²) in [6.07, 6.45) is -0.779. The van der Waals surface area contributed by atoms with E-state index in [0.29, 0.717) is 5.52 Å². The number of nitrogen functional groups attached to an aromatic ring is 1. The maximum absolute atomic E-state index is 14.0. The van der Waals surface area contributed by atoms with Gasteiger partial charge in [-0.3, -0.25) is 4.52 Å². The van der Waals surface area contributed by atoms with Gasteiger partial charge in [-0.25, -0.2) is 18.9 Å². The van der Waals surface area contributed by atoms with Crippen molar-refractivity contribution in [2.45, 2.75) is 56.6 Å². The Morgan fingerprint density at radius 1 is 1.30 bits per heavy atom. The second-order valence-electron chi connectivity index (χ2n) is 9.95. The largest absolute Gasteiger partial charge is 0.464 e. The summed E-state index contributed by atoms with van der Waals surface area (Å²) < 4.78 is 37.9. The summed E-state index contributed by atoms with van der Waals surface area (Å²) in [4.78, 5) is 16.7. The van der Waals surface area contributed by atoms with Gasteiger partial charge in [-0.05, 0) is 30.2 Å². The number of carbonyl (C=O) groups excluding carboxylic acids is 1. The van der Waals surface area contributed by atoms with Gasteiger partial charge in [-0.2, -0.15) is 15.4 Å². The minimum atomic E-state index is -4.40. The Balaban J connectivity index is 1.56. The Morgan fingerprint density at radius 2 is 2.02 bits per heavy atom. The van der Waals surface area contributed by atoms with Gasteiger partial charge >= 0.3 is 13.7 Å². The van der Waals surface area contributed by atoms with Gasteiger partial charge in [0.25, 0.3) is 0 Å². The number of aliphatic hydroxyl groups is 2. The molecular formula is C28H35N6O8P. The summed E-state index contributed by atoms with van der Waals surface area (Å²) in [6.45, 7) is 7.16. The van der Waals surface area contributed by atoms with Crippen LogP contribution in [0.3, 0.4) is 0 Å². The number of para-hydroxylation sites is 1. The molecule has 5 N–H and O–H groups in total. The number of hydrogen-bond donors (Lipinski definition) is 4. The Hall–Kier alpha value is -3.83. The van der Waals surface area contributed by atoms with Crippen LogP contribution in [-0.4, -0.2) is 68.3 Å². The maximum Gasteiger partial charge on any atom is 0.459 e. The molecule has 0 bridgehead atoms. The molecule has 1 aliphatic rings. The molecule has 15 heteroatoms. The van der Waals surface area contributed by atoms with Gasteiger partial charge in [0.2, 0.25) is 5.60 Å². The highest BCUT2D eigenvalue weighted by Gasteiger charge is 2.58. The molecular weight excluding hydrogens is 579 g/mol. The lowest BCUT2D eigenvalue weighted by molar-refractivity contribution is -0.146. The number of anilines is 1. The smallest absolute Gasteiger partial charge is 0.459 e. The van der Waals surface area contributed by atoms with Crippen molar-refractivity contribution in [1.82, 2.24) is 19.7 Å². The Bertz CT molecular complexity index is 1510. The molecule has 6 atom stereocenters. The number of nitrogens with one attached hydrogen (secondary N) is 1. The Kier molecular flexibility index (Phi) is 10.2. The quantitative estimate of drug-likeness (QED) is 0.117. The molecule has 2 aromatic heterocycles. The number of nitriles is 1. The zero-order valence-electron chi connectivity index (χ0n) is 23.8. The molecule has 0 aliphatic carbocycles. The lowest BCUT2D eigenvalue weighted by Gasteiger charge is -2.26. The highest BCUT2D eigenvalue weighted by atomic mass is 31.2. The third kappa shape index (κ3) is 6.73. The first-order valence-corrected chi connectivity index (χ1v) is 15.3. The number of hydrogen-bond acceptors (Lipinski definition) is 12. The van der Waals surface area contributed by atoms with Crippen LogP contribution in [0, 0.1) is 17.2 Å². The van der Waals surface area contributed by atoms with Crippen LogP contribution in [0.4, 0.5) is 5.82 Å². The summed E-state index contributed by atoms with van der Waals surface area (Å²) >= 11 is 0. The van der Waals surface area contributed by atoms with E-state index in [-0.39, 0.29) is 29.8 Å². The molecule has 1 aliphatic heterocycles. The molecule has 1 saturated heterocycles. The average molecular weight is 615 g/mol. The van der Waals surface area contributed by atoms with Crippen LogP contribution in [0.2, 0.25) is 0 Å². The molecule has 0 radical (unpaired) electrons. The second-order valence-corrected chi connectivity index (χ2v) is 11.6. The molecule has 0 unspecified atom stereocenters. The highest BCUT2D eigenvalue weighted by Crippen LogP contribution is 2.47. The van der Waals surface area contributed by atoms with E-state index >= 15 is 0 Å².